The summed E-state index contributed by atoms with van der Waals surface area (Å²) < 4.78 is 17.6. The van der Waals surface area contributed by atoms with E-state index in [1.165, 1.54) is 199 Å². The summed E-state index contributed by atoms with van der Waals surface area (Å²) in [5, 5.41) is 57.2. The number of amides is 1. The van der Waals surface area contributed by atoms with Crippen LogP contribution in [-0.2, 0) is 23.8 Å². The zero-order chi connectivity index (χ0) is 61.7. The van der Waals surface area contributed by atoms with Crippen molar-refractivity contribution in [2.75, 3.05) is 13.2 Å². The van der Waals surface area contributed by atoms with Gasteiger partial charge in [0.15, 0.2) is 12.4 Å². The second-order valence-electron chi connectivity index (χ2n) is 24.6. The maximum atomic E-state index is 13.5. The average molecular weight is 1200 g/mol. The lowest BCUT2D eigenvalue weighted by Crippen LogP contribution is -2.61. The van der Waals surface area contributed by atoms with Gasteiger partial charge in [-0.05, 0) is 64.2 Å². The lowest BCUT2D eigenvalue weighted by molar-refractivity contribution is -0.305. The summed E-state index contributed by atoms with van der Waals surface area (Å²) in [5.41, 5.74) is 0. The Morgan fingerprint density at radius 3 is 1.26 bits per heavy atom. The summed E-state index contributed by atoms with van der Waals surface area (Å²) in [7, 11) is 0. The van der Waals surface area contributed by atoms with Crippen molar-refractivity contribution in [3.63, 3.8) is 0 Å². The highest BCUT2D eigenvalue weighted by atomic mass is 16.7. The maximum Gasteiger partial charge on any atom is 0.306 e. The smallest absolute Gasteiger partial charge is 0.306 e. The topological polar surface area (TPSA) is 175 Å². The molecule has 494 valence electrons. The number of carbonyl (C=O) groups excluding carboxylic acids is 2. The first-order valence-corrected chi connectivity index (χ1v) is 35.7. The lowest BCUT2D eigenvalue weighted by Gasteiger charge is -2.41. The van der Waals surface area contributed by atoms with Crippen molar-refractivity contribution in [1.82, 2.24) is 5.32 Å². The Hall–Kier alpha value is -2.90. The molecule has 8 atom stereocenters. The van der Waals surface area contributed by atoms with Crippen molar-refractivity contribution in [3.8, 4) is 0 Å². The van der Waals surface area contributed by atoms with E-state index < -0.39 is 67.4 Å². The van der Waals surface area contributed by atoms with Crippen LogP contribution < -0.4 is 5.32 Å². The molecule has 0 spiro atoms. The van der Waals surface area contributed by atoms with Gasteiger partial charge in [-0.3, -0.25) is 9.59 Å². The molecule has 0 radical (unpaired) electrons. The molecule has 8 unspecified atom stereocenters. The van der Waals surface area contributed by atoms with E-state index in [1.807, 2.05) is 18.2 Å². The van der Waals surface area contributed by atoms with E-state index in [0.717, 1.165) is 70.6 Å². The maximum absolute atomic E-state index is 13.5. The van der Waals surface area contributed by atoms with Crippen LogP contribution in [0.1, 0.15) is 323 Å². The van der Waals surface area contributed by atoms with Crippen LogP contribution in [0.2, 0.25) is 0 Å². The van der Waals surface area contributed by atoms with Crippen molar-refractivity contribution in [2.45, 2.75) is 372 Å². The van der Waals surface area contributed by atoms with Crippen LogP contribution in [-0.4, -0.2) is 99.6 Å². The predicted octanol–water partition coefficient (Wildman–Crippen LogP) is 18.3. The molecule has 1 aliphatic rings. The average Bonchev–Trinajstić information content (AvgIpc) is 3.16. The van der Waals surface area contributed by atoms with Crippen LogP contribution in [0.15, 0.2) is 72.9 Å². The van der Waals surface area contributed by atoms with Crippen LogP contribution in [0.25, 0.3) is 0 Å². The quantitative estimate of drug-likeness (QED) is 0.0195. The molecule has 1 aliphatic heterocycles. The summed E-state index contributed by atoms with van der Waals surface area (Å²) in [5.74, 6) is -1.25. The summed E-state index contributed by atoms with van der Waals surface area (Å²) >= 11 is 0. The Labute approximate surface area is 521 Å². The minimum absolute atomic E-state index is 0.0443. The van der Waals surface area contributed by atoms with E-state index in [2.05, 4.69) is 74.7 Å². The van der Waals surface area contributed by atoms with Crippen molar-refractivity contribution in [2.24, 2.45) is 0 Å². The monoisotopic (exact) mass is 1200 g/mol. The van der Waals surface area contributed by atoms with Crippen LogP contribution in [0.5, 0.6) is 0 Å². The summed E-state index contributed by atoms with van der Waals surface area (Å²) in [4.78, 5) is 26.6. The van der Waals surface area contributed by atoms with Gasteiger partial charge >= 0.3 is 5.97 Å². The van der Waals surface area contributed by atoms with Crippen LogP contribution in [0.3, 0.4) is 0 Å². The molecule has 1 saturated heterocycles. The van der Waals surface area contributed by atoms with Crippen molar-refractivity contribution >= 4 is 11.9 Å². The van der Waals surface area contributed by atoms with Gasteiger partial charge in [-0.2, -0.15) is 0 Å². The van der Waals surface area contributed by atoms with Gasteiger partial charge in [-0.25, -0.2) is 0 Å². The summed E-state index contributed by atoms with van der Waals surface area (Å²) in [6, 6.07) is -1.04. The van der Waals surface area contributed by atoms with Crippen molar-refractivity contribution < 1.29 is 49.3 Å². The lowest BCUT2D eigenvalue weighted by atomic mass is 9.99. The van der Waals surface area contributed by atoms with Crippen LogP contribution >= 0.6 is 0 Å². The normalized spacial score (nSPS) is 18.8. The van der Waals surface area contributed by atoms with Crippen LogP contribution in [0.4, 0.5) is 0 Å². The Kier molecular flexibility index (Phi) is 57.8. The van der Waals surface area contributed by atoms with Gasteiger partial charge in [0, 0.05) is 6.42 Å². The number of aliphatic hydroxyl groups excluding tert-OH is 5. The van der Waals surface area contributed by atoms with Gasteiger partial charge < -0.3 is 45.1 Å². The first-order chi connectivity index (χ1) is 41.7. The standard InChI is InChI=1S/C74H133NO10/c1-4-7-10-13-16-19-22-25-27-29-30-31-32-33-34-35-36-37-39-40-43-46-49-52-55-58-61-67(78)73(82)75-65(66(77)60-57-54-51-48-45-42-24-21-18-15-12-9-6-3)64-83-74-72(71(81)70(80)68(63-76)84-74)85-69(79)62-59-56-53-50-47-44-41-38-28-26-23-20-17-14-11-8-5-2/h8,11,17,20,26,28,41,44,50,53,57,60,65-68,70-72,74,76-78,80-81H,4-7,9-10,12-16,18-19,21-25,27,29-40,42-43,45-49,51-52,54-56,58-59,61-64H2,1-3H3,(H,75,82)/b11-8-,20-17-,28-26-,44-41-,53-50-,60-57+. The molecule has 0 aromatic heterocycles. The first kappa shape index (κ1) is 80.1. The molecule has 6 N–H and O–H groups in total. The SMILES string of the molecule is CC/C=C\C/C=C\C/C=C\C/C=C\C/C=C\CCCC(=O)OC1C(OCC(NC(=O)C(O)CCCCCCCCCCCCCCCCCCCCCCCCCCCC)C(O)/C=C/CCCCCCCCCCCCC)OC(CO)C(O)C1O. The van der Waals surface area contributed by atoms with Crippen molar-refractivity contribution in [1.29, 1.82) is 0 Å². The minimum atomic E-state index is -1.64. The fourth-order valence-corrected chi connectivity index (χ4v) is 11.0. The summed E-state index contributed by atoms with van der Waals surface area (Å²) in [6.45, 7) is 5.69. The molecule has 0 aromatic rings. The fourth-order valence-electron chi connectivity index (χ4n) is 11.0. The number of hydrogen-bond donors (Lipinski definition) is 6. The molecule has 0 aliphatic carbocycles. The van der Waals surface area contributed by atoms with Gasteiger partial charge in [-0.15, -0.1) is 0 Å². The molecule has 0 bridgehead atoms. The van der Waals surface area contributed by atoms with Gasteiger partial charge in [0.25, 0.3) is 0 Å². The number of nitrogens with one attached hydrogen (secondary N) is 1. The Morgan fingerprint density at radius 1 is 0.471 bits per heavy atom. The molecule has 1 heterocycles. The molecule has 0 aromatic carbocycles. The third-order valence-corrected chi connectivity index (χ3v) is 16.6. The minimum Gasteiger partial charge on any atom is -0.454 e. The third-order valence-electron chi connectivity index (χ3n) is 16.6. The number of aliphatic hydroxyl groups is 5. The molecule has 0 saturated carbocycles. The third kappa shape index (κ3) is 48.7. The van der Waals surface area contributed by atoms with Gasteiger partial charge in [-0.1, -0.05) is 325 Å². The van der Waals surface area contributed by atoms with Crippen molar-refractivity contribution in [3.05, 3.63) is 72.9 Å². The van der Waals surface area contributed by atoms with Gasteiger partial charge in [0.05, 0.1) is 25.4 Å². The summed E-state index contributed by atoms with van der Waals surface area (Å²) in [6.07, 6.45) is 69.6. The van der Waals surface area contributed by atoms with E-state index >= 15 is 0 Å². The zero-order valence-electron chi connectivity index (χ0n) is 55.0. The van der Waals surface area contributed by atoms with Gasteiger partial charge in [0.2, 0.25) is 5.91 Å². The second kappa shape index (κ2) is 61.3. The largest absolute Gasteiger partial charge is 0.454 e. The number of rotatable bonds is 61. The van der Waals surface area contributed by atoms with E-state index in [-0.39, 0.29) is 19.4 Å². The van der Waals surface area contributed by atoms with E-state index in [4.69, 9.17) is 14.2 Å². The Bertz CT molecular complexity index is 1660. The van der Waals surface area contributed by atoms with Gasteiger partial charge in [0.1, 0.15) is 24.4 Å². The Morgan fingerprint density at radius 2 is 0.847 bits per heavy atom. The number of ether oxygens (including phenoxy) is 3. The second-order valence-corrected chi connectivity index (χ2v) is 24.6. The molecule has 11 nitrogen and oxygen atoms in total. The number of carbonyl (C=O) groups is 2. The molecule has 85 heavy (non-hydrogen) atoms. The first-order valence-electron chi connectivity index (χ1n) is 35.7. The molecule has 1 rings (SSSR count). The highest BCUT2D eigenvalue weighted by molar-refractivity contribution is 5.80. The highest BCUT2D eigenvalue weighted by Crippen LogP contribution is 2.26. The number of allylic oxidation sites excluding steroid dienone is 11. The molecule has 1 amide bonds. The predicted molar refractivity (Wildman–Crippen MR) is 356 cm³/mol. The molecular formula is C74H133NO10. The Balaban J connectivity index is 2.59. The zero-order valence-corrected chi connectivity index (χ0v) is 55.0. The molecule has 11 heteroatoms. The van der Waals surface area contributed by atoms with E-state index in [9.17, 15) is 35.1 Å². The highest BCUT2D eigenvalue weighted by Gasteiger charge is 2.47. The van der Waals surface area contributed by atoms with E-state index in [0.29, 0.717) is 19.3 Å². The number of esters is 1. The number of hydrogen-bond acceptors (Lipinski definition) is 10. The molecular weight excluding hydrogens is 1060 g/mol. The fraction of sp³-hybridized carbons (Fsp3) is 0.811. The number of unbranched alkanes of at least 4 members (excludes halogenated alkanes) is 37. The van der Waals surface area contributed by atoms with Crippen LogP contribution in [0, 0.1) is 0 Å². The molecule has 1 fully saturated rings. The van der Waals surface area contributed by atoms with E-state index in [1.54, 1.807) is 6.08 Å².